The summed E-state index contributed by atoms with van der Waals surface area (Å²) >= 11 is 0. The smallest absolute Gasteiger partial charge is 0.317 e. The van der Waals surface area contributed by atoms with E-state index in [0.29, 0.717) is 6.54 Å². The van der Waals surface area contributed by atoms with E-state index < -0.39 is 0 Å². The Morgan fingerprint density at radius 2 is 2.24 bits per heavy atom. The number of hydrogen-bond donors (Lipinski definition) is 1. The highest BCUT2D eigenvalue weighted by molar-refractivity contribution is 5.74. The van der Waals surface area contributed by atoms with Crippen LogP contribution in [0.3, 0.4) is 0 Å². The van der Waals surface area contributed by atoms with E-state index in [2.05, 4.69) is 15.5 Å². The second kappa shape index (κ2) is 6.39. The molecule has 21 heavy (non-hydrogen) atoms. The van der Waals surface area contributed by atoms with Gasteiger partial charge in [0.25, 0.3) is 0 Å². The van der Waals surface area contributed by atoms with Crippen molar-refractivity contribution in [1.29, 1.82) is 0 Å². The zero-order valence-corrected chi connectivity index (χ0v) is 12.8. The Labute approximate surface area is 124 Å². The summed E-state index contributed by atoms with van der Waals surface area (Å²) in [5, 5.41) is 6.84. The molecular formula is C15H20N4O2. The lowest BCUT2D eigenvalue weighted by Gasteiger charge is -2.21. The molecule has 112 valence electrons. The highest BCUT2D eigenvalue weighted by Gasteiger charge is 2.17. The van der Waals surface area contributed by atoms with Crippen LogP contribution in [0, 0.1) is 13.8 Å². The van der Waals surface area contributed by atoms with Crippen LogP contribution in [0.1, 0.15) is 35.5 Å². The van der Waals surface area contributed by atoms with Crippen molar-refractivity contribution >= 4 is 6.03 Å². The van der Waals surface area contributed by atoms with Crippen molar-refractivity contribution in [3.8, 4) is 0 Å². The van der Waals surface area contributed by atoms with Gasteiger partial charge in [-0.05, 0) is 32.4 Å². The van der Waals surface area contributed by atoms with Gasteiger partial charge in [0.2, 0.25) is 0 Å². The number of urea groups is 1. The van der Waals surface area contributed by atoms with Crippen LogP contribution in [0.4, 0.5) is 4.79 Å². The Bertz CT molecular complexity index is 590. The molecule has 6 heteroatoms. The zero-order valence-electron chi connectivity index (χ0n) is 12.8. The highest BCUT2D eigenvalue weighted by atomic mass is 16.5. The van der Waals surface area contributed by atoms with Gasteiger partial charge < -0.3 is 14.7 Å². The molecule has 2 aromatic heterocycles. The van der Waals surface area contributed by atoms with Gasteiger partial charge in [-0.1, -0.05) is 11.2 Å². The van der Waals surface area contributed by atoms with Gasteiger partial charge in [-0.15, -0.1) is 0 Å². The van der Waals surface area contributed by atoms with Gasteiger partial charge in [-0.25, -0.2) is 4.79 Å². The molecule has 0 bridgehead atoms. The van der Waals surface area contributed by atoms with E-state index in [-0.39, 0.29) is 12.1 Å². The van der Waals surface area contributed by atoms with E-state index in [1.54, 1.807) is 24.3 Å². The molecule has 0 radical (unpaired) electrons. The summed E-state index contributed by atoms with van der Waals surface area (Å²) in [4.78, 5) is 17.9. The molecule has 0 aliphatic heterocycles. The second-order valence-electron chi connectivity index (χ2n) is 5.12. The number of nitrogens with zero attached hydrogens (tertiary/aromatic N) is 3. The molecule has 0 aromatic carbocycles. The van der Waals surface area contributed by atoms with Crippen LogP contribution in [0.15, 0.2) is 29.0 Å². The predicted octanol–water partition coefficient (Wildman–Crippen LogP) is 2.59. The van der Waals surface area contributed by atoms with E-state index >= 15 is 0 Å². The Morgan fingerprint density at radius 1 is 1.48 bits per heavy atom. The van der Waals surface area contributed by atoms with E-state index in [4.69, 9.17) is 4.52 Å². The van der Waals surface area contributed by atoms with Crippen LogP contribution in [0.5, 0.6) is 0 Å². The van der Waals surface area contributed by atoms with Crippen molar-refractivity contribution < 1.29 is 9.32 Å². The van der Waals surface area contributed by atoms with E-state index in [9.17, 15) is 4.79 Å². The normalized spacial score (nSPS) is 12.0. The molecule has 2 aromatic rings. The average molecular weight is 288 g/mol. The van der Waals surface area contributed by atoms with E-state index in [1.807, 2.05) is 32.9 Å². The number of aromatic nitrogens is 2. The van der Waals surface area contributed by atoms with Crippen molar-refractivity contribution in [2.45, 2.75) is 33.4 Å². The number of nitrogens with one attached hydrogen (secondary N) is 1. The molecule has 0 saturated heterocycles. The lowest BCUT2D eigenvalue weighted by Crippen LogP contribution is -2.38. The van der Waals surface area contributed by atoms with Crippen molar-refractivity contribution in [1.82, 2.24) is 20.4 Å². The molecule has 2 rings (SSSR count). The summed E-state index contributed by atoms with van der Waals surface area (Å²) in [5.41, 5.74) is 2.73. The predicted molar refractivity (Wildman–Crippen MR) is 78.6 cm³/mol. The van der Waals surface area contributed by atoms with E-state index in [0.717, 1.165) is 22.6 Å². The second-order valence-corrected chi connectivity index (χ2v) is 5.12. The number of aryl methyl sites for hydroxylation is 2. The summed E-state index contributed by atoms with van der Waals surface area (Å²) in [5.74, 6) is 0.743. The molecule has 2 heterocycles. The molecular weight excluding hydrogens is 268 g/mol. The third kappa shape index (κ3) is 3.59. The Balaban J connectivity index is 1.97. The van der Waals surface area contributed by atoms with Crippen LogP contribution in [-0.2, 0) is 6.54 Å². The summed E-state index contributed by atoms with van der Waals surface area (Å²) in [6.45, 7) is 6.11. The molecule has 0 aliphatic carbocycles. The standard InChI is InChI=1S/C15H20N4O2/c1-10(13-6-5-7-16-8-13)17-15(20)19(4)9-14-11(2)18-21-12(14)3/h5-8,10H,9H2,1-4H3,(H,17,20)/t10-/m0/s1. The molecule has 1 N–H and O–H groups in total. The van der Waals surface area contributed by atoms with Gasteiger partial charge in [0.15, 0.2) is 0 Å². The van der Waals surface area contributed by atoms with Gasteiger partial charge in [-0.2, -0.15) is 0 Å². The number of rotatable bonds is 4. The maximum absolute atomic E-state index is 12.2. The molecule has 1 atom stereocenters. The Hall–Kier alpha value is -2.37. The number of carbonyl (C=O) groups excluding carboxylic acids is 1. The van der Waals surface area contributed by atoms with Gasteiger partial charge >= 0.3 is 6.03 Å². The van der Waals surface area contributed by atoms with Crippen LogP contribution < -0.4 is 5.32 Å². The van der Waals surface area contributed by atoms with Crippen LogP contribution in [0.2, 0.25) is 0 Å². The zero-order chi connectivity index (χ0) is 15.4. The quantitative estimate of drug-likeness (QED) is 0.938. The maximum Gasteiger partial charge on any atom is 0.317 e. The first-order chi connectivity index (χ1) is 9.99. The van der Waals surface area contributed by atoms with Gasteiger partial charge in [0.05, 0.1) is 18.3 Å². The number of carbonyl (C=O) groups is 1. The van der Waals surface area contributed by atoms with Crippen molar-refractivity contribution in [3.63, 3.8) is 0 Å². The summed E-state index contributed by atoms with van der Waals surface area (Å²) in [7, 11) is 1.75. The van der Waals surface area contributed by atoms with Crippen LogP contribution in [-0.4, -0.2) is 28.1 Å². The Kier molecular flexibility index (Phi) is 4.57. The topological polar surface area (TPSA) is 71.3 Å². The average Bonchev–Trinajstić information content (AvgIpc) is 2.79. The maximum atomic E-state index is 12.2. The van der Waals surface area contributed by atoms with Crippen LogP contribution in [0.25, 0.3) is 0 Å². The van der Waals surface area contributed by atoms with Crippen LogP contribution >= 0.6 is 0 Å². The van der Waals surface area contributed by atoms with Crippen molar-refractivity contribution in [2.75, 3.05) is 7.05 Å². The minimum absolute atomic E-state index is 0.0988. The third-order valence-corrected chi connectivity index (χ3v) is 3.45. The molecule has 0 unspecified atom stereocenters. The molecule has 0 fully saturated rings. The fourth-order valence-electron chi connectivity index (χ4n) is 2.05. The summed E-state index contributed by atoms with van der Waals surface area (Å²) in [6.07, 6.45) is 3.46. The molecule has 0 saturated carbocycles. The first kappa shape index (κ1) is 15.0. The molecule has 0 spiro atoms. The van der Waals surface area contributed by atoms with Crippen molar-refractivity contribution in [3.05, 3.63) is 47.1 Å². The molecule has 0 aliphatic rings. The minimum Gasteiger partial charge on any atom is -0.361 e. The first-order valence-corrected chi connectivity index (χ1v) is 6.82. The minimum atomic E-state index is -0.147. The number of pyridine rings is 1. The van der Waals surface area contributed by atoms with Gasteiger partial charge in [-0.3, -0.25) is 4.98 Å². The summed E-state index contributed by atoms with van der Waals surface area (Å²) in [6, 6.07) is 3.54. The molecule has 2 amide bonds. The monoisotopic (exact) mass is 288 g/mol. The first-order valence-electron chi connectivity index (χ1n) is 6.82. The number of amides is 2. The molecule has 6 nitrogen and oxygen atoms in total. The van der Waals surface area contributed by atoms with E-state index in [1.165, 1.54) is 0 Å². The van der Waals surface area contributed by atoms with Crippen molar-refractivity contribution in [2.24, 2.45) is 0 Å². The lowest BCUT2D eigenvalue weighted by molar-refractivity contribution is 0.203. The summed E-state index contributed by atoms with van der Waals surface area (Å²) < 4.78 is 5.11. The number of hydrogen-bond acceptors (Lipinski definition) is 4. The lowest BCUT2D eigenvalue weighted by atomic mass is 10.1. The fraction of sp³-hybridized carbons (Fsp3) is 0.400. The Morgan fingerprint density at radius 3 is 2.81 bits per heavy atom. The SMILES string of the molecule is Cc1noc(C)c1CN(C)C(=O)N[C@@H](C)c1cccnc1. The van der Waals surface area contributed by atoms with Gasteiger partial charge in [0, 0.05) is 25.0 Å². The third-order valence-electron chi connectivity index (χ3n) is 3.45. The highest BCUT2D eigenvalue weighted by Crippen LogP contribution is 2.15. The van der Waals surface area contributed by atoms with Gasteiger partial charge in [0.1, 0.15) is 5.76 Å². The largest absolute Gasteiger partial charge is 0.361 e. The fourth-order valence-corrected chi connectivity index (χ4v) is 2.05.